The predicted octanol–water partition coefficient (Wildman–Crippen LogP) is 4.94. The van der Waals surface area contributed by atoms with Gasteiger partial charge in [0, 0.05) is 6.08 Å². The summed E-state index contributed by atoms with van der Waals surface area (Å²) in [6.07, 6.45) is 17.2. The molecule has 0 saturated heterocycles. The molecule has 0 spiro atoms. The summed E-state index contributed by atoms with van der Waals surface area (Å²) >= 11 is 0. The summed E-state index contributed by atoms with van der Waals surface area (Å²) in [4.78, 5) is 12.3. The number of nitriles is 1. The molecule has 2 rings (SSSR count). The minimum atomic E-state index is 0.0387. The zero-order valence-corrected chi connectivity index (χ0v) is 14.2. The fourth-order valence-electron chi connectivity index (χ4n) is 3.79. The zero-order chi connectivity index (χ0) is 16.5. The monoisotopic (exact) mass is 315 g/mol. The molecule has 2 fully saturated rings. The van der Waals surface area contributed by atoms with Crippen LogP contribution in [0.4, 0.5) is 0 Å². The highest BCUT2D eigenvalue weighted by Gasteiger charge is 2.29. The van der Waals surface area contributed by atoms with Gasteiger partial charge in [0.05, 0.1) is 12.0 Å². The third kappa shape index (κ3) is 5.86. The van der Waals surface area contributed by atoms with Crippen molar-refractivity contribution in [3.05, 3.63) is 24.3 Å². The lowest BCUT2D eigenvalue weighted by Crippen LogP contribution is -2.29. The molecule has 2 aliphatic carbocycles. The molecule has 0 N–H and O–H groups in total. The lowest BCUT2D eigenvalue weighted by atomic mass is 9.81. The van der Waals surface area contributed by atoms with Crippen LogP contribution in [0.3, 0.4) is 0 Å². The lowest BCUT2D eigenvalue weighted by molar-refractivity contribution is -0.157. The molecule has 126 valence electrons. The predicted molar refractivity (Wildman–Crippen MR) is 91.5 cm³/mol. The van der Waals surface area contributed by atoms with Gasteiger partial charge in [0.15, 0.2) is 0 Å². The van der Waals surface area contributed by atoms with Crippen LogP contribution >= 0.6 is 0 Å². The Morgan fingerprint density at radius 1 is 1.09 bits per heavy atom. The van der Waals surface area contributed by atoms with Gasteiger partial charge in [0.25, 0.3) is 0 Å². The number of hydrogen-bond acceptors (Lipinski definition) is 3. The van der Waals surface area contributed by atoms with Gasteiger partial charge in [0.1, 0.15) is 6.10 Å². The minimum absolute atomic E-state index is 0.0387. The molecule has 0 bridgehead atoms. The summed E-state index contributed by atoms with van der Waals surface area (Å²) in [7, 11) is 0. The molecule has 0 aromatic carbocycles. The average Bonchev–Trinajstić information content (AvgIpc) is 2.60. The van der Waals surface area contributed by atoms with Crippen LogP contribution in [0.15, 0.2) is 24.3 Å². The van der Waals surface area contributed by atoms with Crippen molar-refractivity contribution in [2.24, 2.45) is 17.8 Å². The Kier molecular flexibility index (Phi) is 7.39. The second-order valence-corrected chi connectivity index (χ2v) is 6.97. The molecule has 3 nitrogen and oxygen atoms in total. The number of allylic oxidation sites excluding steroid dienone is 4. The van der Waals surface area contributed by atoms with Crippen molar-refractivity contribution in [3.8, 4) is 6.07 Å². The number of esters is 1. The summed E-state index contributed by atoms with van der Waals surface area (Å²) in [6, 6.07) is 1.98. The third-order valence-corrected chi connectivity index (χ3v) is 5.42. The van der Waals surface area contributed by atoms with E-state index in [1.54, 1.807) is 6.08 Å². The molecule has 0 heterocycles. The second kappa shape index (κ2) is 9.55. The summed E-state index contributed by atoms with van der Waals surface area (Å²) < 4.78 is 5.77. The topological polar surface area (TPSA) is 50.1 Å². The number of hydrogen-bond donors (Lipinski definition) is 0. The normalized spacial score (nSPS) is 32.0. The SMILES string of the molecule is CCC1CCC(OC(=O)C2CCC(C=CC=CC#N)CC2)CC1. The van der Waals surface area contributed by atoms with Gasteiger partial charge >= 0.3 is 5.97 Å². The standard InChI is InChI=1S/C20H29NO2/c1-2-16-9-13-19(14-10-16)23-20(22)18-11-7-17(8-12-18)6-4-3-5-15-21/h3-6,16-19H,2,7-14H2,1H3. The van der Waals surface area contributed by atoms with Gasteiger partial charge in [-0.1, -0.05) is 31.6 Å². The smallest absolute Gasteiger partial charge is 0.309 e. The van der Waals surface area contributed by atoms with E-state index in [1.807, 2.05) is 12.1 Å². The molecule has 0 unspecified atom stereocenters. The number of nitrogens with zero attached hydrogens (tertiary/aromatic N) is 1. The highest BCUT2D eigenvalue weighted by molar-refractivity contribution is 5.72. The number of carbonyl (C=O) groups is 1. The van der Waals surface area contributed by atoms with Crippen molar-refractivity contribution in [2.45, 2.75) is 70.8 Å². The van der Waals surface area contributed by atoms with Crippen molar-refractivity contribution < 1.29 is 9.53 Å². The first kappa shape index (κ1) is 17.8. The van der Waals surface area contributed by atoms with E-state index in [4.69, 9.17) is 10.00 Å². The Morgan fingerprint density at radius 3 is 2.39 bits per heavy atom. The van der Waals surface area contributed by atoms with Crippen LogP contribution < -0.4 is 0 Å². The molecule has 0 aromatic rings. The molecule has 2 saturated carbocycles. The van der Waals surface area contributed by atoms with E-state index >= 15 is 0 Å². The van der Waals surface area contributed by atoms with Crippen LogP contribution in [-0.2, 0) is 9.53 Å². The van der Waals surface area contributed by atoms with Gasteiger partial charge in [-0.2, -0.15) is 5.26 Å². The largest absolute Gasteiger partial charge is 0.462 e. The van der Waals surface area contributed by atoms with Crippen molar-refractivity contribution in [3.63, 3.8) is 0 Å². The van der Waals surface area contributed by atoms with Gasteiger partial charge in [-0.3, -0.25) is 4.79 Å². The maximum atomic E-state index is 12.3. The molecular formula is C20H29NO2. The van der Waals surface area contributed by atoms with E-state index in [1.165, 1.54) is 25.3 Å². The quantitative estimate of drug-likeness (QED) is 0.410. The molecule has 0 amide bonds. The molecule has 0 aliphatic heterocycles. The van der Waals surface area contributed by atoms with Gasteiger partial charge in [-0.05, 0) is 63.2 Å². The maximum Gasteiger partial charge on any atom is 0.309 e. The first-order chi connectivity index (χ1) is 11.2. The van der Waals surface area contributed by atoms with Gasteiger partial charge < -0.3 is 4.74 Å². The fourth-order valence-corrected chi connectivity index (χ4v) is 3.79. The molecule has 23 heavy (non-hydrogen) atoms. The summed E-state index contributed by atoms with van der Waals surface area (Å²) in [5, 5.41) is 8.44. The summed E-state index contributed by atoms with van der Waals surface area (Å²) in [6.45, 7) is 2.25. The maximum absolute atomic E-state index is 12.3. The van der Waals surface area contributed by atoms with Crippen molar-refractivity contribution >= 4 is 5.97 Å². The van der Waals surface area contributed by atoms with Crippen LogP contribution in [0.25, 0.3) is 0 Å². The summed E-state index contributed by atoms with van der Waals surface area (Å²) in [5.41, 5.74) is 0. The lowest BCUT2D eigenvalue weighted by Gasteiger charge is -2.30. The number of rotatable bonds is 5. The Labute approximate surface area is 140 Å². The van der Waals surface area contributed by atoms with Crippen molar-refractivity contribution in [2.75, 3.05) is 0 Å². The van der Waals surface area contributed by atoms with Crippen LogP contribution in [0.1, 0.15) is 64.7 Å². The van der Waals surface area contributed by atoms with E-state index in [0.29, 0.717) is 5.92 Å². The second-order valence-electron chi connectivity index (χ2n) is 6.97. The Bertz CT molecular complexity index is 459. The minimum Gasteiger partial charge on any atom is -0.462 e. The number of ether oxygens (including phenoxy) is 1. The molecule has 0 radical (unpaired) electrons. The van der Waals surface area contributed by atoms with E-state index in [9.17, 15) is 4.79 Å². The molecule has 2 aliphatic rings. The van der Waals surface area contributed by atoms with Crippen molar-refractivity contribution in [1.29, 1.82) is 5.26 Å². The van der Waals surface area contributed by atoms with Crippen LogP contribution in [0.5, 0.6) is 0 Å². The molecule has 0 atom stereocenters. The highest BCUT2D eigenvalue weighted by atomic mass is 16.5. The van der Waals surface area contributed by atoms with Crippen molar-refractivity contribution in [1.82, 2.24) is 0 Å². The molecule has 0 aromatic heterocycles. The van der Waals surface area contributed by atoms with E-state index in [-0.39, 0.29) is 18.0 Å². The van der Waals surface area contributed by atoms with Crippen LogP contribution in [0.2, 0.25) is 0 Å². The van der Waals surface area contributed by atoms with E-state index in [2.05, 4.69) is 13.0 Å². The Morgan fingerprint density at radius 2 is 1.78 bits per heavy atom. The van der Waals surface area contributed by atoms with Crippen LogP contribution in [0, 0.1) is 29.1 Å². The third-order valence-electron chi connectivity index (χ3n) is 5.42. The zero-order valence-electron chi connectivity index (χ0n) is 14.2. The highest BCUT2D eigenvalue weighted by Crippen LogP contribution is 2.33. The van der Waals surface area contributed by atoms with Crippen LogP contribution in [-0.4, -0.2) is 12.1 Å². The van der Waals surface area contributed by atoms with Gasteiger partial charge in [-0.15, -0.1) is 0 Å². The fraction of sp³-hybridized carbons (Fsp3) is 0.700. The molecular weight excluding hydrogens is 286 g/mol. The Balaban J connectivity index is 1.69. The Hall–Kier alpha value is -1.56. The first-order valence-electron chi connectivity index (χ1n) is 9.16. The van der Waals surface area contributed by atoms with E-state index in [0.717, 1.165) is 44.4 Å². The first-order valence-corrected chi connectivity index (χ1v) is 9.16. The number of carbonyl (C=O) groups excluding carboxylic acids is 1. The summed E-state index contributed by atoms with van der Waals surface area (Å²) in [5.74, 6) is 1.50. The van der Waals surface area contributed by atoms with E-state index < -0.39 is 0 Å². The van der Waals surface area contributed by atoms with Gasteiger partial charge in [-0.25, -0.2) is 0 Å². The average molecular weight is 315 g/mol. The molecule has 3 heteroatoms. The van der Waals surface area contributed by atoms with Gasteiger partial charge in [0.2, 0.25) is 0 Å².